The Morgan fingerprint density at radius 3 is 2.78 bits per heavy atom. The number of hydrogen-bond donors (Lipinski definition) is 0. The van der Waals surface area contributed by atoms with Gasteiger partial charge in [-0.2, -0.15) is 0 Å². The molecule has 0 radical (unpaired) electrons. The van der Waals surface area contributed by atoms with Crippen LogP contribution in [0.1, 0.15) is 39.2 Å². The number of benzene rings is 1. The standard InChI is InChI=1S/C20H23NO2/c1-14(2)8-7-12-20(3)13-11-16-18(23-20)15-9-5-6-10-17(15)21(4)19(16)22/h5-6,8-11,13H,7,12H2,1-4H3/t20-/m1/s1. The van der Waals surface area contributed by atoms with Gasteiger partial charge in [-0.15, -0.1) is 0 Å². The molecule has 0 spiro atoms. The van der Waals surface area contributed by atoms with Crippen molar-refractivity contribution < 1.29 is 4.74 Å². The van der Waals surface area contributed by atoms with Gasteiger partial charge in [0.05, 0.1) is 11.1 Å². The third-order valence-electron chi connectivity index (χ3n) is 4.42. The number of ether oxygens (including phenoxy) is 1. The molecule has 0 saturated carbocycles. The lowest BCUT2D eigenvalue weighted by molar-refractivity contribution is 0.130. The van der Waals surface area contributed by atoms with Crippen molar-refractivity contribution in [1.29, 1.82) is 0 Å². The molecule has 0 unspecified atom stereocenters. The number of para-hydroxylation sites is 1. The lowest BCUT2D eigenvalue weighted by Crippen LogP contribution is -2.34. The van der Waals surface area contributed by atoms with Crippen molar-refractivity contribution in [2.45, 2.75) is 39.2 Å². The summed E-state index contributed by atoms with van der Waals surface area (Å²) in [5.74, 6) is 0.714. The van der Waals surface area contributed by atoms with Crippen molar-refractivity contribution in [3.8, 4) is 5.75 Å². The lowest BCUT2D eigenvalue weighted by atomic mass is 9.94. The molecule has 0 fully saturated rings. The minimum atomic E-state index is -0.381. The van der Waals surface area contributed by atoms with Crippen LogP contribution in [0.25, 0.3) is 17.0 Å². The third-order valence-corrected chi connectivity index (χ3v) is 4.42. The largest absolute Gasteiger partial charge is 0.482 e. The highest BCUT2D eigenvalue weighted by Gasteiger charge is 2.29. The zero-order valence-electron chi connectivity index (χ0n) is 14.2. The van der Waals surface area contributed by atoms with Crippen LogP contribution in [0, 0.1) is 0 Å². The fourth-order valence-corrected chi connectivity index (χ4v) is 3.06. The van der Waals surface area contributed by atoms with Crippen LogP contribution >= 0.6 is 0 Å². The van der Waals surface area contributed by atoms with E-state index < -0.39 is 0 Å². The Bertz CT molecular complexity index is 869. The Labute approximate surface area is 136 Å². The molecule has 3 heteroatoms. The Kier molecular flexibility index (Phi) is 3.88. The third kappa shape index (κ3) is 2.83. The molecule has 23 heavy (non-hydrogen) atoms. The maximum atomic E-state index is 12.6. The number of aryl methyl sites for hydroxylation is 1. The normalized spacial score (nSPS) is 19.3. The van der Waals surface area contributed by atoms with E-state index in [4.69, 9.17) is 4.74 Å². The molecule has 120 valence electrons. The maximum absolute atomic E-state index is 12.6. The first-order valence-electron chi connectivity index (χ1n) is 8.05. The van der Waals surface area contributed by atoms with E-state index in [-0.39, 0.29) is 11.2 Å². The molecule has 2 heterocycles. The predicted molar refractivity (Wildman–Crippen MR) is 95.9 cm³/mol. The van der Waals surface area contributed by atoms with Gasteiger partial charge in [0.25, 0.3) is 5.56 Å². The molecule has 1 atom stereocenters. The summed E-state index contributed by atoms with van der Waals surface area (Å²) in [6.45, 7) is 6.29. The minimum absolute atomic E-state index is 0.0127. The van der Waals surface area contributed by atoms with Crippen LogP contribution in [0.15, 0.2) is 46.8 Å². The van der Waals surface area contributed by atoms with Gasteiger partial charge in [0, 0.05) is 12.4 Å². The molecule has 0 N–H and O–H groups in total. The highest BCUT2D eigenvalue weighted by atomic mass is 16.5. The first-order chi connectivity index (χ1) is 10.9. The molecule has 0 amide bonds. The number of aromatic nitrogens is 1. The van der Waals surface area contributed by atoms with E-state index in [9.17, 15) is 4.79 Å². The summed E-state index contributed by atoms with van der Waals surface area (Å²) in [6, 6.07) is 7.90. The van der Waals surface area contributed by atoms with Crippen LogP contribution in [0.2, 0.25) is 0 Å². The van der Waals surface area contributed by atoms with Crippen molar-refractivity contribution in [1.82, 2.24) is 4.57 Å². The molecular weight excluding hydrogens is 286 g/mol. The summed E-state index contributed by atoms with van der Waals surface area (Å²) in [7, 11) is 1.81. The molecule has 2 aromatic rings. The summed E-state index contributed by atoms with van der Waals surface area (Å²) >= 11 is 0. The number of nitrogens with zero attached hydrogens (tertiary/aromatic N) is 1. The topological polar surface area (TPSA) is 31.2 Å². The molecule has 1 aromatic carbocycles. The number of hydrogen-bond acceptors (Lipinski definition) is 2. The Morgan fingerprint density at radius 2 is 2.04 bits per heavy atom. The van der Waals surface area contributed by atoms with Gasteiger partial charge < -0.3 is 9.30 Å². The molecular formula is C20H23NO2. The fourth-order valence-electron chi connectivity index (χ4n) is 3.06. The first-order valence-corrected chi connectivity index (χ1v) is 8.05. The van der Waals surface area contributed by atoms with E-state index in [0.29, 0.717) is 11.3 Å². The average Bonchev–Trinajstić information content (AvgIpc) is 2.52. The Hall–Kier alpha value is -2.29. The highest BCUT2D eigenvalue weighted by molar-refractivity contribution is 5.89. The summed E-state index contributed by atoms with van der Waals surface area (Å²) in [6.07, 6.45) is 8.01. The van der Waals surface area contributed by atoms with E-state index in [0.717, 1.165) is 23.7 Å². The number of fused-ring (bicyclic) bond motifs is 3. The van der Waals surface area contributed by atoms with Gasteiger partial charge in [0.15, 0.2) is 0 Å². The zero-order valence-corrected chi connectivity index (χ0v) is 14.2. The molecule has 3 rings (SSSR count). The number of pyridine rings is 1. The molecule has 0 saturated heterocycles. The van der Waals surface area contributed by atoms with Gasteiger partial charge in [-0.05, 0) is 57.9 Å². The molecule has 0 aliphatic carbocycles. The van der Waals surface area contributed by atoms with E-state index >= 15 is 0 Å². The Balaban J connectivity index is 2.07. The second kappa shape index (κ2) is 5.73. The Morgan fingerprint density at radius 1 is 1.30 bits per heavy atom. The van der Waals surface area contributed by atoms with Crippen molar-refractivity contribution in [2.75, 3.05) is 0 Å². The van der Waals surface area contributed by atoms with E-state index in [1.807, 2.05) is 36.4 Å². The SMILES string of the molecule is CC(C)=CCC[C@]1(C)C=Cc2c(c3ccccc3n(C)c2=O)O1. The van der Waals surface area contributed by atoms with Crippen LogP contribution in [0.3, 0.4) is 0 Å². The van der Waals surface area contributed by atoms with E-state index in [1.165, 1.54) is 5.57 Å². The summed E-state index contributed by atoms with van der Waals surface area (Å²) < 4.78 is 8.01. The average molecular weight is 309 g/mol. The summed E-state index contributed by atoms with van der Waals surface area (Å²) in [5, 5.41) is 0.988. The van der Waals surface area contributed by atoms with Crippen molar-refractivity contribution >= 4 is 17.0 Å². The summed E-state index contributed by atoms with van der Waals surface area (Å²) in [5.41, 5.74) is 2.46. The van der Waals surface area contributed by atoms with Gasteiger partial charge in [0.2, 0.25) is 0 Å². The predicted octanol–water partition coefficient (Wildman–Crippen LogP) is 4.45. The van der Waals surface area contributed by atoms with Gasteiger partial charge in [-0.25, -0.2) is 0 Å². The van der Waals surface area contributed by atoms with Crippen molar-refractivity contribution in [2.24, 2.45) is 7.05 Å². The first kappa shape index (κ1) is 15.6. The van der Waals surface area contributed by atoms with Gasteiger partial charge in [-0.3, -0.25) is 4.79 Å². The van der Waals surface area contributed by atoms with E-state index in [2.05, 4.69) is 26.8 Å². The lowest BCUT2D eigenvalue weighted by Gasteiger charge is -2.32. The second-order valence-electron chi connectivity index (χ2n) is 6.69. The number of rotatable bonds is 3. The van der Waals surface area contributed by atoms with Crippen LogP contribution in [-0.2, 0) is 7.05 Å². The summed E-state index contributed by atoms with van der Waals surface area (Å²) in [4.78, 5) is 12.6. The van der Waals surface area contributed by atoms with Crippen LogP contribution < -0.4 is 10.3 Å². The van der Waals surface area contributed by atoms with Gasteiger partial charge in [0.1, 0.15) is 11.4 Å². The van der Waals surface area contributed by atoms with Crippen molar-refractivity contribution in [3.63, 3.8) is 0 Å². The number of allylic oxidation sites excluding steroid dienone is 2. The minimum Gasteiger partial charge on any atom is -0.482 e. The van der Waals surface area contributed by atoms with Crippen LogP contribution in [-0.4, -0.2) is 10.2 Å². The molecule has 0 bridgehead atoms. The maximum Gasteiger partial charge on any atom is 0.261 e. The smallest absolute Gasteiger partial charge is 0.261 e. The van der Waals surface area contributed by atoms with Crippen molar-refractivity contribution in [3.05, 3.63) is 57.9 Å². The zero-order chi connectivity index (χ0) is 16.6. The fraction of sp³-hybridized carbons (Fsp3) is 0.350. The highest BCUT2D eigenvalue weighted by Crippen LogP contribution is 2.37. The monoisotopic (exact) mass is 309 g/mol. The van der Waals surface area contributed by atoms with Gasteiger partial charge >= 0.3 is 0 Å². The molecule has 1 aliphatic heterocycles. The molecule has 1 aliphatic rings. The quantitative estimate of drug-likeness (QED) is 0.784. The van der Waals surface area contributed by atoms with E-state index in [1.54, 1.807) is 11.6 Å². The van der Waals surface area contributed by atoms with Crippen LogP contribution in [0.5, 0.6) is 5.75 Å². The second-order valence-corrected chi connectivity index (χ2v) is 6.69. The molecule has 1 aromatic heterocycles. The molecule has 3 nitrogen and oxygen atoms in total. The van der Waals surface area contributed by atoms with Gasteiger partial charge in [-0.1, -0.05) is 23.8 Å². The van der Waals surface area contributed by atoms with Crippen LogP contribution in [0.4, 0.5) is 0 Å².